The highest BCUT2D eigenvalue weighted by atomic mass is 19.1. The van der Waals surface area contributed by atoms with Gasteiger partial charge in [-0.25, -0.2) is 9.18 Å². The lowest BCUT2D eigenvalue weighted by Gasteiger charge is -2.06. The molecule has 0 bridgehead atoms. The van der Waals surface area contributed by atoms with Crippen molar-refractivity contribution >= 4 is 11.0 Å². The van der Waals surface area contributed by atoms with Crippen LogP contribution in [0.3, 0.4) is 0 Å². The van der Waals surface area contributed by atoms with E-state index in [2.05, 4.69) is 10.1 Å². The Morgan fingerprint density at radius 3 is 2.70 bits per heavy atom. The van der Waals surface area contributed by atoms with Crippen LogP contribution in [0.15, 0.2) is 62.3 Å². The van der Waals surface area contributed by atoms with Crippen molar-refractivity contribution < 1.29 is 18.1 Å². The first kappa shape index (κ1) is 17.0. The van der Waals surface area contributed by atoms with E-state index in [9.17, 15) is 9.18 Å². The molecule has 0 saturated carbocycles. The average Bonchev–Trinajstić information content (AvgIpc) is 3.15. The highest BCUT2D eigenvalue weighted by Crippen LogP contribution is 2.24. The van der Waals surface area contributed by atoms with Gasteiger partial charge in [0, 0.05) is 23.1 Å². The third kappa shape index (κ3) is 3.57. The van der Waals surface area contributed by atoms with Gasteiger partial charge in [0.25, 0.3) is 5.89 Å². The number of benzene rings is 2. The standard InChI is InChI=1S/C20H15FN2O4/c1-2-12-9-19(24)26-17-10-15(7-8-16(12)17)25-11-18-22-20(23-27-18)13-3-5-14(21)6-4-13/h3-10H,2,11H2,1H3. The smallest absolute Gasteiger partial charge is 0.336 e. The van der Waals surface area contributed by atoms with Crippen molar-refractivity contribution in [2.75, 3.05) is 0 Å². The van der Waals surface area contributed by atoms with Gasteiger partial charge in [-0.1, -0.05) is 12.1 Å². The normalized spacial score (nSPS) is 11.0. The summed E-state index contributed by atoms with van der Waals surface area (Å²) in [5.41, 5.74) is 1.64. The van der Waals surface area contributed by atoms with E-state index in [0.717, 1.165) is 17.4 Å². The number of ether oxygens (including phenoxy) is 1. The Labute approximate surface area is 153 Å². The van der Waals surface area contributed by atoms with Gasteiger partial charge in [0.2, 0.25) is 5.82 Å². The van der Waals surface area contributed by atoms with Crippen LogP contribution < -0.4 is 10.4 Å². The minimum Gasteiger partial charge on any atom is -0.484 e. The Morgan fingerprint density at radius 1 is 1.11 bits per heavy atom. The Balaban J connectivity index is 1.52. The second-order valence-corrected chi connectivity index (χ2v) is 5.91. The number of nitrogens with zero attached hydrogens (tertiary/aromatic N) is 2. The summed E-state index contributed by atoms with van der Waals surface area (Å²) in [4.78, 5) is 15.9. The summed E-state index contributed by atoms with van der Waals surface area (Å²) >= 11 is 0. The first-order chi connectivity index (χ1) is 13.1. The van der Waals surface area contributed by atoms with Gasteiger partial charge >= 0.3 is 5.63 Å². The number of hydrogen-bond acceptors (Lipinski definition) is 6. The van der Waals surface area contributed by atoms with Crippen molar-refractivity contribution in [3.05, 3.63) is 76.2 Å². The van der Waals surface area contributed by atoms with Gasteiger partial charge in [-0.2, -0.15) is 4.98 Å². The number of rotatable bonds is 5. The van der Waals surface area contributed by atoms with Crippen LogP contribution in [-0.2, 0) is 13.0 Å². The van der Waals surface area contributed by atoms with Crippen molar-refractivity contribution in [2.45, 2.75) is 20.0 Å². The summed E-state index contributed by atoms with van der Waals surface area (Å²) in [6, 6.07) is 12.6. The molecule has 0 atom stereocenters. The second kappa shape index (κ2) is 7.03. The fourth-order valence-electron chi connectivity index (χ4n) is 2.77. The summed E-state index contributed by atoms with van der Waals surface area (Å²) < 4.78 is 29.1. The molecule has 2 aromatic carbocycles. The van der Waals surface area contributed by atoms with E-state index >= 15 is 0 Å². The van der Waals surface area contributed by atoms with E-state index in [0.29, 0.717) is 22.7 Å². The van der Waals surface area contributed by atoms with Crippen LogP contribution in [0.25, 0.3) is 22.4 Å². The maximum absolute atomic E-state index is 13.0. The van der Waals surface area contributed by atoms with Gasteiger partial charge in [0.1, 0.15) is 17.1 Å². The molecule has 0 N–H and O–H groups in total. The zero-order valence-corrected chi connectivity index (χ0v) is 14.4. The van der Waals surface area contributed by atoms with Crippen LogP contribution in [0.4, 0.5) is 4.39 Å². The summed E-state index contributed by atoms with van der Waals surface area (Å²) in [5, 5.41) is 4.74. The molecule has 4 rings (SSSR count). The molecule has 0 aliphatic rings. The lowest BCUT2D eigenvalue weighted by atomic mass is 10.1. The van der Waals surface area contributed by atoms with Crippen LogP contribution in [-0.4, -0.2) is 10.1 Å². The first-order valence-electron chi connectivity index (χ1n) is 8.40. The fraction of sp³-hybridized carbons (Fsp3) is 0.150. The van der Waals surface area contributed by atoms with E-state index in [1.807, 2.05) is 13.0 Å². The molecule has 0 aliphatic carbocycles. The number of aromatic nitrogens is 2. The van der Waals surface area contributed by atoms with Crippen LogP contribution in [0, 0.1) is 5.82 Å². The summed E-state index contributed by atoms with van der Waals surface area (Å²) in [5.74, 6) is 0.810. The largest absolute Gasteiger partial charge is 0.484 e. The Morgan fingerprint density at radius 2 is 1.93 bits per heavy atom. The highest BCUT2D eigenvalue weighted by molar-refractivity contribution is 5.81. The molecule has 0 fully saturated rings. The van der Waals surface area contributed by atoms with Crippen LogP contribution in [0.2, 0.25) is 0 Å². The summed E-state index contributed by atoms with van der Waals surface area (Å²) in [6.07, 6.45) is 0.733. The third-order valence-electron chi connectivity index (χ3n) is 4.12. The van der Waals surface area contributed by atoms with Gasteiger partial charge in [-0.15, -0.1) is 0 Å². The second-order valence-electron chi connectivity index (χ2n) is 5.91. The molecule has 27 heavy (non-hydrogen) atoms. The van der Waals surface area contributed by atoms with Gasteiger partial charge in [-0.3, -0.25) is 0 Å². The van der Waals surface area contributed by atoms with Crippen LogP contribution >= 0.6 is 0 Å². The monoisotopic (exact) mass is 366 g/mol. The number of fused-ring (bicyclic) bond motifs is 1. The summed E-state index contributed by atoms with van der Waals surface area (Å²) in [7, 11) is 0. The SMILES string of the molecule is CCc1cc(=O)oc2cc(OCc3nc(-c4ccc(F)cc4)no3)ccc12. The lowest BCUT2D eigenvalue weighted by Crippen LogP contribution is -2.00. The number of hydrogen-bond donors (Lipinski definition) is 0. The van der Waals surface area contributed by atoms with Crippen molar-refractivity contribution in [1.82, 2.24) is 10.1 Å². The molecule has 2 aromatic heterocycles. The van der Waals surface area contributed by atoms with E-state index in [1.165, 1.54) is 18.2 Å². The average molecular weight is 366 g/mol. The molecule has 136 valence electrons. The molecule has 0 spiro atoms. The van der Waals surface area contributed by atoms with Gasteiger partial charge in [0.15, 0.2) is 6.61 Å². The highest BCUT2D eigenvalue weighted by Gasteiger charge is 2.11. The number of aryl methyl sites for hydroxylation is 1. The lowest BCUT2D eigenvalue weighted by molar-refractivity contribution is 0.243. The van der Waals surface area contributed by atoms with Gasteiger partial charge in [0.05, 0.1) is 0 Å². The molecule has 0 amide bonds. The molecule has 7 heteroatoms. The fourth-order valence-corrected chi connectivity index (χ4v) is 2.77. The maximum atomic E-state index is 13.0. The van der Waals surface area contributed by atoms with E-state index in [-0.39, 0.29) is 18.3 Å². The first-order valence-corrected chi connectivity index (χ1v) is 8.40. The molecule has 6 nitrogen and oxygen atoms in total. The number of halogens is 1. The van der Waals surface area contributed by atoms with Gasteiger partial charge < -0.3 is 13.7 Å². The van der Waals surface area contributed by atoms with Crippen molar-refractivity contribution in [3.63, 3.8) is 0 Å². The van der Waals surface area contributed by atoms with Crippen molar-refractivity contribution in [3.8, 4) is 17.1 Å². The maximum Gasteiger partial charge on any atom is 0.336 e. The Kier molecular flexibility index (Phi) is 4.42. The van der Waals surface area contributed by atoms with Crippen LogP contribution in [0.1, 0.15) is 18.4 Å². The molecule has 2 heterocycles. The molecule has 4 aromatic rings. The quantitative estimate of drug-likeness (QED) is 0.494. The molecule has 0 unspecified atom stereocenters. The Hall–Kier alpha value is -3.48. The predicted octanol–water partition coefficient (Wildman–Crippen LogP) is 4.12. The Bertz CT molecular complexity index is 1150. The molecule has 0 aliphatic heterocycles. The minimum absolute atomic E-state index is 0.0530. The molecular weight excluding hydrogens is 351 g/mol. The van der Waals surface area contributed by atoms with Crippen molar-refractivity contribution in [2.24, 2.45) is 0 Å². The minimum atomic E-state index is -0.391. The summed E-state index contributed by atoms with van der Waals surface area (Å²) in [6.45, 7) is 2.03. The van der Waals surface area contributed by atoms with E-state index in [1.54, 1.807) is 24.3 Å². The van der Waals surface area contributed by atoms with E-state index in [4.69, 9.17) is 13.7 Å². The van der Waals surface area contributed by atoms with E-state index < -0.39 is 5.63 Å². The predicted molar refractivity (Wildman–Crippen MR) is 95.9 cm³/mol. The third-order valence-corrected chi connectivity index (χ3v) is 4.12. The zero-order valence-electron chi connectivity index (χ0n) is 14.4. The van der Waals surface area contributed by atoms with Gasteiger partial charge in [-0.05, 0) is 48.4 Å². The van der Waals surface area contributed by atoms with Crippen molar-refractivity contribution in [1.29, 1.82) is 0 Å². The molecule has 0 saturated heterocycles. The zero-order chi connectivity index (χ0) is 18.8. The molecule has 0 radical (unpaired) electrons. The van der Waals surface area contributed by atoms with Crippen LogP contribution in [0.5, 0.6) is 5.75 Å². The topological polar surface area (TPSA) is 78.4 Å². The molecular formula is C20H15FN2O4.